The summed E-state index contributed by atoms with van der Waals surface area (Å²) in [6.07, 6.45) is 5.94. The fraction of sp³-hybridized carbons (Fsp3) is 0.917. The highest BCUT2D eigenvalue weighted by Crippen LogP contribution is 2.49. The largest absolute Gasteiger partial charge is 0.339 e. The number of nitrogens with one attached hydrogen (secondary N) is 1. The van der Waals surface area contributed by atoms with Crippen LogP contribution in [0.5, 0.6) is 0 Å². The van der Waals surface area contributed by atoms with Crippen molar-refractivity contribution in [1.82, 2.24) is 10.2 Å². The van der Waals surface area contributed by atoms with Gasteiger partial charge in [-0.25, -0.2) is 0 Å². The summed E-state index contributed by atoms with van der Waals surface area (Å²) in [5.41, 5.74) is 0.424. The van der Waals surface area contributed by atoms with Gasteiger partial charge in [-0.05, 0) is 38.6 Å². The standard InChI is InChI=1S/C12H22N2O/c1-10(9-13-2)14-7-6-12(4-3-5-12)8-11(14)15/h10,13H,3-9H2,1-2H3. The molecule has 0 bridgehead atoms. The Kier molecular flexibility index (Phi) is 3.01. The highest BCUT2D eigenvalue weighted by molar-refractivity contribution is 5.78. The Balaban J connectivity index is 1.92. The lowest BCUT2D eigenvalue weighted by Crippen LogP contribution is -2.52. The van der Waals surface area contributed by atoms with E-state index in [1.165, 1.54) is 25.7 Å². The van der Waals surface area contributed by atoms with Gasteiger partial charge in [-0.2, -0.15) is 0 Å². The number of nitrogens with zero attached hydrogens (tertiary/aromatic N) is 1. The van der Waals surface area contributed by atoms with Crippen molar-refractivity contribution in [2.24, 2.45) is 5.41 Å². The van der Waals surface area contributed by atoms with Crippen LogP contribution in [-0.4, -0.2) is 37.0 Å². The van der Waals surface area contributed by atoms with Crippen molar-refractivity contribution in [3.8, 4) is 0 Å². The van der Waals surface area contributed by atoms with Gasteiger partial charge in [0.15, 0.2) is 0 Å². The first-order chi connectivity index (χ1) is 7.17. The smallest absolute Gasteiger partial charge is 0.223 e. The quantitative estimate of drug-likeness (QED) is 0.763. The van der Waals surface area contributed by atoms with Crippen LogP contribution in [0, 0.1) is 5.41 Å². The maximum absolute atomic E-state index is 12.0. The molecule has 0 aromatic carbocycles. The first-order valence-corrected chi connectivity index (χ1v) is 6.11. The molecule has 1 unspecified atom stereocenters. The van der Waals surface area contributed by atoms with Crippen LogP contribution in [0.3, 0.4) is 0 Å². The molecule has 0 aromatic heterocycles. The van der Waals surface area contributed by atoms with Gasteiger partial charge in [-0.15, -0.1) is 0 Å². The number of carbonyl (C=O) groups excluding carboxylic acids is 1. The van der Waals surface area contributed by atoms with E-state index in [0.717, 1.165) is 19.5 Å². The van der Waals surface area contributed by atoms with E-state index in [1.807, 2.05) is 7.05 Å². The Bertz CT molecular complexity index is 248. The first-order valence-electron chi connectivity index (χ1n) is 6.11. The first kappa shape index (κ1) is 10.9. The maximum Gasteiger partial charge on any atom is 0.223 e. The molecule has 1 amide bonds. The van der Waals surface area contributed by atoms with Gasteiger partial charge in [0, 0.05) is 25.6 Å². The van der Waals surface area contributed by atoms with E-state index in [2.05, 4.69) is 17.1 Å². The molecule has 1 aliphatic carbocycles. The van der Waals surface area contributed by atoms with Gasteiger partial charge in [0.1, 0.15) is 0 Å². The average Bonchev–Trinajstić information content (AvgIpc) is 2.15. The average molecular weight is 210 g/mol. The van der Waals surface area contributed by atoms with Crippen molar-refractivity contribution in [1.29, 1.82) is 0 Å². The molecule has 2 aliphatic rings. The van der Waals surface area contributed by atoms with E-state index >= 15 is 0 Å². The molecule has 2 fully saturated rings. The molecule has 1 aliphatic heterocycles. The second kappa shape index (κ2) is 4.12. The number of hydrogen-bond donors (Lipinski definition) is 1. The molecule has 2 rings (SSSR count). The third-order valence-corrected chi connectivity index (χ3v) is 4.18. The van der Waals surface area contributed by atoms with Crippen LogP contribution in [0.4, 0.5) is 0 Å². The third-order valence-electron chi connectivity index (χ3n) is 4.18. The van der Waals surface area contributed by atoms with Crippen LogP contribution in [-0.2, 0) is 4.79 Å². The molecular formula is C12H22N2O. The zero-order valence-corrected chi connectivity index (χ0v) is 9.88. The number of rotatable bonds is 3. The molecule has 1 saturated heterocycles. The number of piperidine rings is 1. The molecule has 0 aromatic rings. The number of likely N-dealkylation sites (N-methyl/N-ethyl adjacent to an activating group) is 1. The maximum atomic E-state index is 12.0. The molecule has 1 spiro atoms. The second-order valence-electron chi connectivity index (χ2n) is 5.27. The summed E-state index contributed by atoms with van der Waals surface area (Å²) in [5.74, 6) is 0.378. The minimum atomic E-state index is 0.347. The minimum absolute atomic E-state index is 0.347. The summed E-state index contributed by atoms with van der Waals surface area (Å²) in [7, 11) is 1.94. The molecule has 1 N–H and O–H groups in total. The van der Waals surface area contributed by atoms with Crippen molar-refractivity contribution in [2.45, 2.75) is 45.1 Å². The monoisotopic (exact) mass is 210 g/mol. The molecule has 86 valence electrons. The SMILES string of the molecule is CNCC(C)N1CCC2(CCC2)CC1=O. The molecule has 1 atom stereocenters. The number of likely N-dealkylation sites (tertiary alicyclic amines) is 1. The summed E-state index contributed by atoms with van der Waals surface area (Å²) in [4.78, 5) is 14.1. The van der Waals surface area contributed by atoms with Crippen molar-refractivity contribution in [3.63, 3.8) is 0 Å². The fourth-order valence-corrected chi connectivity index (χ4v) is 2.97. The van der Waals surface area contributed by atoms with Crippen LogP contribution >= 0.6 is 0 Å². The highest BCUT2D eigenvalue weighted by Gasteiger charge is 2.43. The molecular weight excluding hydrogens is 188 g/mol. The van der Waals surface area contributed by atoms with Gasteiger partial charge in [0.2, 0.25) is 5.91 Å². The molecule has 1 heterocycles. The second-order valence-corrected chi connectivity index (χ2v) is 5.27. The zero-order chi connectivity index (χ0) is 10.9. The Labute approximate surface area is 92.2 Å². The molecule has 3 heteroatoms. The predicted molar refractivity (Wildman–Crippen MR) is 60.6 cm³/mol. The molecule has 15 heavy (non-hydrogen) atoms. The lowest BCUT2D eigenvalue weighted by Gasteiger charge is -2.48. The fourth-order valence-electron chi connectivity index (χ4n) is 2.97. The summed E-state index contributed by atoms with van der Waals surface area (Å²) < 4.78 is 0. The summed E-state index contributed by atoms with van der Waals surface area (Å²) in [6.45, 7) is 4.01. The van der Waals surface area contributed by atoms with Gasteiger partial charge < -0.3 is 10.2 Å². The van der Waals surface area contributed by atoms with Crippen molar-refractivity contribution in [2.75, 3.05) is 20.1 Å². The van der Waals surface area contributed by atoms with Crippen molar-refractivity contribution < 1.29 is 4.79 Å². The summed E-state index contributed by atoms with van der Waals surface area (Å²) >= 11 is 0. The number of carbonyl (C=O) groups is 1. The van der Waals surface area contributed by atoms with Gasteiger partial charge in [0.25, 0.3) is 0 Å². The van der Waals surface area contributed by atoms with Crippen LogP contribution in [0.1, 0.15) is 39.0 Å². The lowest BCUT2D eigenvalue weighted by molar-refractivity contribution is -0.143. The third kappa shape index (κ3) is 2.03. The Morgan fingerprint density at radius 1 is 1.47 bits per heavy atom. The van der Waals surface area contributed by atoms with Crippen molar-refractivity contribution in [3.05, 3.63) is 0 Å². The topological polar surface area (TPSA) is 32.3 Å². The molecule has 0 radical (unpaired) electrons. The number of hydrogen-bond acceptors (Lipinski definition) is 2. The normalized spacial score (nSPS) is 26.5. The summed E-state index contributed by atoms with van der Waals surface area (Å²) in [6, 6.07) is 0.347. The van der Waals surface area contributed by atoms with Gasteiger partial charge >= 0.3 is 0 Å². The van der Waals surface area contributed by atoms with Crippen LogP contribution < -0.4 is 5.32 Å². The molecule has 3 nitrogen and oxygen atoms in total. The van der Waals surface area contributed by atoms with E-state index in [1.54, 1.807) is 0 Å². The van der Waals surface area contributed by atoms with Crippen LogP contribution in [0.2, 0.25) is 0 Å². The molecule has 1 saturated carbocycles. The van der Waals surface area contributed by atoms with Gasteiger partial charge in [-0.3, -0.25) is 4.79 Å². The van der Waals surface area contributed by atoms with E-state index in [-0.39, 0.29) is 0 Å². The highest BCUT2D eigenvalue weighted by atomic mass is 16.2. The van der Waals surface area contributed by atoms with Crippen LogP contribution in [0.25, 0.3) is 0 Å². The zero-order valence-electron chi connectivity index (χ0n) is 9.88. The van der Waals surface area contributed by atoms with Gasteiger partial charge in [0.05, 0.1) is 0 Å². The summed E-state index contributed by atoms with van der Waals surface area (Å²) in [5, 5.41) is 3.14. The predicted octanol–water partition coefficient (Wildman–Crippen LogP) is 1.39. The van der Waals surface area contributed by atoms with Gasteiger partial charge in [-0.1, -0.05) is 6.42 Å². The Morgan fingerprint density at radius 3 is 2.67 bits per heavy atom. The minimum Gasteiger partial charge on any atom is -0.339 e. The van der Waals surface area contributed by atoms with Crippen LogP contribution in [0.15, 0.2) is 0 Å². The Hall–Kier alpha value is -0.570. The van der Waals surface area contributed by atoms with E-state index < -0.39 is 0 Å². The van der Waals surface area contributed by atoms with Crippen molar-refractivity contribution >= 4 is 5.91 Å². The van der Waals surface area contributed by atoms with E-state index in [9.17, 15) is 4.79 Å². The van der Waals surface area contributed by atoms with E-state index in [0.29, 0.717) is 17.4 Å². The Morgan fingerprint density at radius 2 is 2.20 bits per heavy atom. The number of amides is 1. The van der Waals surface area contributed by atoms with E-state index in [4.69, 9.17) is 0 Å². The lowest BCUT2D eigenvalue weighted by atomic mass is 9.63.